The molecule has 1 aromatic carbocycles. The Morgan fingerprint density at radius 1 is 1.52 bits per heavy atom. The van der Waals surface area contributed by atoms with E-state index in [4.69, 9.17) is 10.00 Å². The van der Waals surface area contributed by atoms with Crippen LogP contribution in [-0.2, 0) is 0 Å². The van der Waals surface area contributed by atoms with Crippen molar-refractivity contribution in [1.29, 1.82) is 5.26 Å². The van der Waals surface area contributed by atoms with Crippen LogP contribution in [0.3, 0.4) is 0 Å². The van der Waals surface area contributed by atoms with Crippen LogP contribution in [0, 0.1) is 17.1 Å². The lowest BCUT2D eigenvalue weighted by Crippen LogP contribution is -2.09. The molecule has 0 aliphatic heterocycles. The number of allylic oxidation sites excluding steroid dienone is 1. The molecule has 0 aliphatic carbocycles. The number of nitrogens with one attached hydrogen (secondary N) is 2. The Hall–Kier alpha value is -2.95. The number of benzene rings is 1. The molecular formula is C13H13FN6O. The molecule has 8 heteroatoms. The predicted octanol–water partition coefficient (Wildman–Crippen LogP) is 2.10. The van der Waals surface area contributed by atoms with E-state index in [0.717, 1.165) is 0 Å². The zero-order valence-electron chi connectivity index (χ0n) is 11.5. The molecule has 0 saturated heterocycles. The number of nitriles is 1. The highest BCUT2D eigenvalue weighted by Crippen LogP contribution is 2.29. The summed E-state index contributed by atoms with van der Waals surface area (Å²) in [5, 5.41) is 24.9. The first-order valence-corrected chi connectivity index (χ1v) is 6.17. The van der Waals surface area contributed by atoms with Crippen molar-refractivity contribution in [2.45, 2.75) is 20.0 Å². The minimum absolute atomic E-state index is 0.0918. The number of rotatable bonds is 5. The van der Waals surface area contributed by atoms with Crippen molar-refractivity contribution in [2.75, 3.05) is 5.32 Å². The molecular weight excluding hydrogens is 275 g/mol. The summed E-state index contributed by atoms with van der Waals surface area (Å²) >= 11 is 0. The molecule has 0 radical (unpaired) electrons. The van der Waals surface area contributed by atoms with Crippen LogP contribution in [0.2, 0.25) is 0 Å². The van der Waals surface area contributed by atoms with E-state index in [0.29, 0.717) is 5.69 Å². The number of nitrogens with zero attached hydrogens (tertiary/aromatic N) is 4. The summed E-state index contributed by atoms with van der Waals surface area (Å²) in [5.41, 5.74) is 0.559. The van der Waals surface area contributed by atoms with Crippen LogP contribution in [0.4, 0.5) is 10.1 Å². The van der Waals surface area contributed by atoms with Gasteiger partial charge in [0.2, 0.25) is 5.82 Å². The zero-order chi connectivity index (χ0) is 15.2. The lowest BCUT2D eigenvalue weighted by atomic mass is 10.2. The van der Waals surface area contributed by atoms with Crippen LogP contribution in [0.15, 0.2) is 24.4 Å². The Balaban J connectivity index is 2.27. The number of para-hydroxylation sites is 1. The average Bonchev–Trinajstić information content (AvgIpc) is 2.96. The van der Waals surface area contributed by atoms with Gasteiger partial charge in [-0.3, -0.25) is 0 Å². The highest BCUT2D eigenvalue weighted by Gasteiger charge is 2.12. The van der Waals surface area contributed by atoms with E-state index in [1.54, 1.807) is 26.0 Å². The number of tetrazole rings is 1. The van der Waals surface area contributed by atoms with Gasteiger partial charge in [0, 0.05) is 6.20 Å². The van der Waals surface area contributed by atoms with Gasteiger partial charge in [-0.2, -0.15) is 10.5 Å². The molecule has 0 spiro atoms. The Morgan fingerprint density at radius 2 is 2.33 bits per heavy atom. The van der Waals surface area contributed by atoms with Crippen LogP contribution in [0.1, 0.15) is 19.7 Å². The van der Waals surface area contributed by atoms with Crippen molar-refractivity contribution < 1.29 is 9.13 Å². The molecule has 0 bridgehead atoms. The lowest BCUT2D eigenvalue weighted by Gasteiger charge is -2.14. The van der Waals surface area contributed by atoms with E-state index in [2.05, 4.69) is 25.9 Å². The standard InChI is InChI=1S/C13H13FN6O/c1-8(2)21-12-10(14)4-3-5-11(12)16-7-9(6-15)13-17-19-20-18-13/h3-5,7-8,16H,1-2H3,(H,17,18,19,20). The SMILES string of the molecule is CC(C)Oc1c(F)cccc1NC=C(C#N)c1nn[nH]n1. The number of H-pyrrole nitrogens is 1. The molecule has 108 valence electrons. The summed E-state index contributed by atoms with van der Waals surface area (Å²) in [7, 11) is 0. The van der Waals surface area contributed by atoms with Gasteiger partial charge in [-0.05, 0) is 31.2 Å². The first-order chi connectivity index (χ1) is 10.1. The third kappa shape index (κ3) is 3.54. The third-order valence-electron chi connectivity index (χ3n) is 2.40. The summed E-state index contributed by atoms with van der Waals surface area (Å²) in [6, 6.07) is 6.41. The van der Waals surface area contributed by atoms with Crippen LogP contribution in [0.5, 0.6) is 5.75 Å². The summed E-state index contributed by atoms with van der Waals surface area (Å²) in [5.74, 6) is -0.248. The third-order valence-corrected chi connectivity index (χ3v) is 2.40. The number of halogens is 1. The average molecular weight is 288 g/mol. The number of aromatic nitrogens is 4. The summed E-state index contributed by atoms with van der Waals surface area (Å²) in [4.78, 5) is 0. The van der Waals surface area contributed by atoms with E-state index >= 15 is 0 Å². The normalized spacial score (nSPS) is 11.3. The summed E-state index contributed by atoms with van der Waals surface area (Å²) < 4.78 is 19.2. The van der Waals surface area contributed by atoms with Crippen LogP contribution in [-0.4, -0.2) is 26.7 Å². The predicted molar refractivity (Wildman–Crippen MR) is 73.6 cm³/mol. The first-order valence-electron chi connectivity index (χ1n) is 6.17. The van der Waals surface area contributed by atoms with Gasteiger partial charge < -0.3 is 10.1 Å². The second-order valence-electron chi connectivity index (χ2n) is 4.33. The fourth-order valence-corrected chi connectivity index (χ4v) is 1.55. The smallest absolute Gasteiger partial charge is 0.216 e. The van der Waals surface area contributed by atoms with Crippen molar-refractivity contribution in [3.8, 4) is 11.8 Å². The van der Waals surface area contributed by atoms with Crippen LogP contribution in [0.25, 0.3) is 5.57 Å². The van der Waals surface area contributed by atoms with Crippen molar-refractivity contribution in [2.24, 2.45) is 0 Å². The van der Waals surface area contributed by atoms with Crippen molar-refractivity contribution in [3.05, 3.63) is 36.0 Å². The van der Waals surface area contributed by atoms with Crippen molar-refractivity contribution in [3.63, 3.8) is 0 Å². The molecule has 1 aromatic heterocycles. The van der Waals surface area contributed by atoms with E-state index in [-0.39, 0.29) is 23.3 Å². The number of hydrogen-bond donors (Lipinski definition) is 2. The molecule has 0 saturated carbocycles. The monoisotopic (exact) mass is 288 g/mol. The fourth-order valence-electron chi connectivity index (χ4n) is 1.55. The van der Waals surface area contributed by atoms with Gasteiger partial charge in [-0.25, -0.2) is 4.39 Å². The van der Waals surface area contributed by atoms with Crippen molar-refractivity contribution >= 4 is 11.3 Å². The highest BCUT2D eigenvalue weighted by atomic mass is 19.1. The maximum Gasteiger partial charge on any atom is 0.216 e. The lowest BCUT2D eigenvalue weighted by molar-refractivity contribution is 0.232. The van der Waals surface area contributed by atoms with Gasteiger partial charge in [-0.15, -0.1) is 10.2 Å². The Labute approximate surface area is 120 Å². The molecule has 7 nitrogen and oxygen atoms in total. The number of anilines is 1. The molecule has 2 N–H and O–H groups in total. The maximum absolute atomic E-state index is 13.8. The fraction of sp³-hybridized carbons (Fsp3) is 0.231. The largest absolute Gasteiger partial charge is 0.486 e. The van der Waals surface area contributed by atoms with Gasteiger partial charge in [0.25, 0.3) is 0 Å². The molecule has 21 heavy (non-hydrogen) atoms. The zero-order valence-corrected chi connectivity index (χ0v) is 11.5. The molecule has 2 rings (SSSR count). The molecule has 0 amide bonds. The minimum atomic E-state index is -0.486. The van der Waals surface area contributed by atoms with E-state index < -0.39 is 5.82 Å². The number of ether oxygens (including phenoxy) is 1. The van der Waals surface area contributed by atoms with Gasteiger partial charge in [0.15, 0.2) is 11.6 Å². The molecule has 0 fully saturated rings. The second kappa shape index (κ2) is 6.47. The molecule has 0 unspecified atom stereocenters. The summed E-state index contributed by atoms with van der Waals surface area (Å²) in [6.07, 6.45) is 1.19. The van der Waals surface area contributed by atoms with E-state index in [1.807, 2.05) is 6.07 Å². The maximum atomic E-state index is 13.8. The Bertz CT molecular complexity index is 674. The van der Waals surface area contributed by atoms with E-state index in [1.165, 1.54) is 12.3 Å². The minimum Gasteiger partial charge on any atom is -0.486 e. The Morgan fingerprint density at radius 3 is 2.95 bits per heavy atom. The topological polar surface area (TPSA) is 99.5 Å². The number of hydrogen-bond acceptors (Lipinski definition) is 6. The molecule has 0 aliphatic rings. The second-order valence-corrected chi connectivity index (χ2v) is 4.33. The van der Waals surface area contributed by atoms with Crippen LogP contribution >= 0.6 is 0 Å². The van der Waals surface area contributed by atoms with Gasteiger partial charge in [-0.1, -0.05) is 6.07 Å². The quantitative estimate of drug-likeness (QED) is 0.817. The summed E-state index contributed by atoms with van der Waals surface area (Å²) in [6.45, 7) is 3.60. The van der Waals surface area contributed by atoms with Gasteiger partial charge in [0.1, 0.15) is 11.6 Å². The molecule has 1 heterocycles. The van der Waals surface area contributed by atoms with E-state index in [9.17, 15) is 4.39 Å². The van der Waals surface area contributed by atoms with Gasteiger partial charge >= 0.3 is 0 Å². The highest BCUT2D eigenvalue weighted by molar-refractivity contribution is 5.74. The molecule has 0 atom stereocenters. The molecule has 2 aromatic rings. The van der Waals surface area contributed by atoms with Crippen molar-refractivity contribution in [1.82, 2.24) is 20.6 Å². The van der Waals surface area contributed by atoms with Gasteiger partial charge in [0.05, 0.1) is 11.8 Å². The number of aromatic amines is 1. The van der Waals surface area contributed by atoms with Crippen LogP contribution < -0.4 is 10.1 Å². The Kier molecular flexibility index (Phi) is 4.46. The first kappa shape index (κ1) is 14.5.